The lowest BCUT2D eigenvalue weighted by Gasteiger charge is -2.15. The summed E-state index contributed by atoms with van der Waals surface area (Å²) in [5, 5.41) is 9.08. The molecule has 4 aliphatic heterocycles. The van der Waals surface area contributed by atoms with Gasteiger partial charge < -0.3 is 20.0 Å². The van der Waals surface area contributed by atoms with Gasteiger partial charge in [0.25, 0.3) is 5.36 Å². The maximum absolute atomic E-state index is 5.22. The smallest absolute Gasteiger partial charge is 0.252 e. The van der Waals surface area contributed by atoms with Gasteiger partial charge in [-0.1, -0.05) is 12.1 Å². The van der Waals surface area contributed by atoms with Gasteiger partial charge in [0.2, 0.25) is 0 Å². The normalized spacial score (nSPS) is 20.3. The summed E-state index contributed by atoms with van der Waals surface area (Å²) < 4.78 is 2.60. The number of fused-ring (bicyclic) bond motifs is 1. The molecule has 4 heterocycles. The first-order valence-electron chi connectivity index (χ1n) is 15.1. The summed E-state index contributed by atoms with van der Waals surface area (Å²) in [6.07, 6.45) is 10.5. The fraction of sp³-hybridized carbons (Fsp3) is 0.500. The summed E-state index contributed by atoms with van der Waals surface area (Å²) in [6, 6.07) is 13.5. The molecule has 0 spiro atoms. The number of benzene rings is 2. The van der Waals surface area contributed by atoms with Gasteiger partial charge in [-0.25, -0.2) is 9.57 Å². The van der Waals surface area contributed by atoms with Gasteiger partial charge in [-0.05, 0) is 73.6 Å². The van der Waals surface area contributed by atoms with E-state index in [-0.39, 0.29) is 0 Å². The predicted molar refractivity (Wildman–Crippen MR) is 159 cm³/mol. The Morgan fingerprint density at radius 3 is 1.82 bits per heavy atom. The fourth-order valence-corrected chi connectivity index (χ4v) is 7.18. The Kier molecular flexibility index (Phi) is 5.48. The number of anilines is 5. The van der Waals surface area contributed by atoms with Crippen LogP contribution in [0.4, 0.5) is 34.1 Å². The molecular weight excluding hydrogens is 468 g/mol. The van der Waals surface area contributed by atoms with Crippen molar-refractivity contribution in [3.8, 4) is 0 Å². The van der Waals surface area contributed by atoms with E-state index in [0.29, 0.717) is 0 Å². The summed E-state index contributed by atoms with van der Waals surface area (Å²) in [6.45, 7) is 9.54. The summed E-state index contributed by atoms with van der Waals surface area (Å²) >= 11 is 0. The zero-order chi connectivity index (χ0) is 25.1. The molecule has 0 aromatic heterocycles. The van der Waals surface area contributed by atoms with E-state index in [2.05, 4.69) is 61.0 Å². The van der Waals surface area contributed by atoms with E-state index in [0.717, 1.165) is 5.69 Å². The molecule has 196 valence electrons. The van der Waals surface area contributed by atoms with E-state index in [1.54, 1.807) is 0 Å². The summed E-state index contributed by atoms with van der Waals surface area (Å²) in [5.41, 5.74) is 7.96. The van der Waals surface area contributed by atoms with Crippen molar-refractivity contribution in [2.24, 2.45) is 4.99 Å². The molecule has 0 atom stereocenters. The zero-order valence-electron chi connectivity index (χ0n) is 22.5. The molecule has 38 heavy (non-hydrogen) atoms. The van der Waals surface area contributed by atoms with Gasteiger partial charge in [-0.2, -0.15) is 0 Å². The molecule has 4 fully saturated rings. The lowest BCUT2D eigenvalue weighted by molar-refractivity contribution is 0.706. The predicted octanol–water partition coefficient (Wildman–Crippen LogP) is 4.93. The van der Waals surface area contributed by atoms with Crippen LogP contribution in [0.15, 0.2) is 41.4 Å². The Morgan fingerprint density at radius 2 is 1.18 bits per heavy atom. The SMILES string of the molecule is c1cc2ccc(Nc3c(N4CCCC4)c3=[N+]3CCCC3)cc2cc1N=c1c(N2CCCC2)c1N1CCCC1. The second kappa shape index (κ2) is 9.18. The first kappa shape index (κ1) is 22.7. The average molecular weight is 508 g/mol. The van der Waals surface area contributed by atoms with Crippen molar-refractivity contribution in [3.63, 3.8) is 0 Å². The van der Waals surface area contributed by atoms with Crippen molar-refractivity contribution in [2.45, 2.75) is 51.4 Å². The lowest BCUT2D eigenvalue weighted by Crippen LogP contribution is -2.24. The maximum atomic E-state index is 5.22. The first-order valence-corrected chi connectivity index (χ1v) is 15.1. The summed E-state index contributed by atoms with van der Waals surface area (Å²) in [4.78, 5) is 13.0. The number of nitrogens with zero attached hydrogens (tertiary/aromatic N) is 5. The third-order valence-corrected chi connectivity index (χ3v) is 9.27. The number of rotatable bonds is 6. The molecule has 4 aromatic carbocycles. The van der Waals surface area contributed by atoms with Gasteiger partial charge in [-0.3, -0.25) is 0 Å². The molecule has 0 saturated carbocycles. The maximum Gasteiger partial charge on any atom is 0.252 e. The Morgan fingerprint density at radius 1 is 0.605 bits per heavy atom. The van der Waals surface area contributed by atoms with Gasteiger partial charge in [0.15, 0.2) is 0 Å². The third kappa shape index (κ3) is 4.00. The second-order valence-corrected chi connectivity index (χ2v) is 11.9. The van der Waals surface area contributed by atoms with Crippen molar-refractivity contribution in [1.82, 2.24) is 4.58 Å². The minimum Gasteiger partial charge on any atom is -0.368 e. The highest BCUT2D eigenvalue weighted by Crippen LogP contribution is 2.38. The van der Waals surface area contributed by atoms with Crippen LogP contribution in [0.3, 0.4) is 0 Å². The Balaban J connectivity index is 1.11. The molecule has 1 N–H and O–H groups in total. The van der Waals surface area contributed by atoms with Crippen molar-refractivity contribution in [1.29, 1.82) is 0 Å². The van der Waals surface area contributed by atoms with E-state index in [1.807, 2.05) is 0 Å². The lowest BCUT2D eigenvalue weighted by atomic mass is 10.1. The molecule has 6 nitrogen and oxygen atoms in total. The van der Waals surface area contributed by atoms with Crippen LogP contribution in [-0.4, -0.2) is 52.4 Å². The quantitative estimate of drug-likeness (QED) is 0.376. The molecule has 8 rings (SSSR count). The zero-order valence-corrected chi connectivity index (χ0v) is 22.5. The van der Waals surface area contributed by atoms with Crippen LogP contribution in [0.1, 0.15) is 51.4 Å². The summed E-state index contributed by atoms with van der Waals surface area (Å²) in [5.74, 6) is 0. The van der Waals surface area contributed by atoms with Crippen molar-refractivity contribution >= 4 is 44.9 Å². The van der Waals surface area contributed by atoms with E-state index >= 15 is 0 Å². The van der Waals surface area contributed by atoms with Gasteiger partial charge in [0.1, 0.15) is 29.8 Å². The van der Waals surface area contributed by atoms with Crippen LogP contribution < -0.4 is 35.3 Å². The fourth-order valence-electron chi connectivity index (χ4n) is 7.18. The third-order valence-electron chi connectivity index (χ3n) is 9.27. The minimum absolute atomic E-state index is 1.07. The van der Waals surface area contributed by atoms with Gasteiger partial charge in [0, 0.05) is 57.8 Å². The highest BCUT2D eigenvalue weighted by molar-refractivity contribution is 5.93. The van der Waals surface area contributed by atoms with Crippen molar-refractivity contribution < 1.29 is 0 Å². The van der Waals surface area contributed by atoms with Gasteiger partial charge in [-0.15, -0.1) is 0 Å². The first-order chi connectivity index (χ1) is 18.8. The highest BCUT2D eigenvalue weighted by atomic mass is 15.3. The van der Waals surface area contributed by atoms with Crippen LogP contribution in [0.2, 0.25) is 0 Å². The molecule has 0 amide bonds. The Hall–Kier alpha value is -3.28. The molecule has 0 aliphatic carbocycles. The number of nitrogens with one attached hydrogen (secondary N) is 1. The molecular formula is C32H39N6+. The molecule has 4 aliphatic rings. The van der Waals surface area contributed by atoms with E-state index in [1.165, 1.54) is 154 Å². The minimum atomic E-state index is 1.07. The van der Waals surface area contributed by atoms with Crippen molar-refractivity contribution in [3.05, 3.63) is 47.1 Å². The molecule has 0 radical (unpaired) electrons. The van der Waals surface area contributed by atoms with Gasteiger partial charge >= 0.3 is 0 Å². The summed E-state index contributed by atoms with van der Waals surface area (Å²) in [7, 11) is 0. The molecule has 4 aromatic rings. The highest BCUT2D eigenvalue weighted by Gasteiger charge is 2.36. The Bertz CT molecular complexity index is 1480. The largest absolute Gasteiger partial charge is 0.368 e. The van der Waals surface area contributed by atoms with E-state index in [9.17, 15) is 0 Å². The van der Waals surface area contributed by atoms with Crippen LogP contribution in [-0.2, 0) is 0 Å². The molecule has 4 saturated heterocycles. The number of hydrogen-bond donors (Lipinski definition) is 1. The van der Waals surface area contributed by atoms with Crippen LogP contribution in [0, 0.1) is 0 Å². The van der Waals surface area contributed by atoms with Gasteiger partial charge in [0.05, 0.1) is 17.1 Å². The van der Waals surface area contributed by atoms with Crippen LogP contribution in [0.25, 0.3) is 10.8 Å². The molecule has 0 bridgehead atoms. The van der Waals surface area contributed by atoms with E-state index < -0.39 is 0 Å². The monoisotopic (exact) mass is 507 g/mol. The average Bonchev–Trinajstić information content (AvgIpc) is 3.51. The van der Waals surface area contributed by atoms with Crippen LogP contribution >= 0.6 is 0 Å². The molecule has 0 unspecified atom stereocenters. The Labute approximate surface area is 225 Å². The molecule has 6 heteroatoms. The van der Waals surface area contributed by atoms with Crippen LogP contribution in [0.5, 0.6) is 0 Å². The van der Waals surface area contributed by atoms with Crippen molar-refractivity contribution in [2.75, 3.05) is 72.4 Å². The topological polar surface area (TPSA) is 37.1 Å². The standard InChI is InChI=1S/C32H38N6/c1-2-14-35(13-1)29-27(30(29)36-15-3-4-16-36)33-25-11-9-23-10-12-26(22-24(23)21-25)34-28-31(37-17-5-6-18-37)32(28)38-19-7-8-20-38/h9-12,21-22H,1-8,13-20H2/p+1. The second-order valence-electron chi connectivity index (χ2n) is 11.9. The van der Waals surface area contributed by atoms with E-state index in [4.69, 9.17) is 4.99 Å². The number of hydrogen-bond acceptors (Lipinski definition) is 5.